The number of benzene rings is 11. The van der Waals surface area contributed by atoms with Gasteiger partial charge in [-0.1, -0.05) is 194 Å². The van der Waals surface area contributed by atoms with Gasteiger partial charge in [0.25, 0.3) is 0 Å². The Hall–Kier alpha value is -8.96. The van der Waals surface area contributed by atoms with E-state index in [0.717, 1.165) is 11.4 Å². The highest BCUT2D eigenvalue weighted by Crippen LogP contribution is 2.40. The van der Waals surface area contributed by atoms with E-state index in [2.05, 4.69) is 287 Å². The highest BCUT2D eigenvalue weighted by molar-refractivity contribution is 7.19. The van der Waals surface area contributed by atoms with Crippen LogP contribution in [0.15, 0.2) is 273 Å². The quantitative estimate of drug-likeness (QED) is 0.107. The normalized spacial score (nSPS) is 12.0. The maximum atomic E-state index is 2.49. The van der Waals surface area contributed by atoms with Crippen molar-refractivity contribution in [1.82, 2.24) is 13.7 Å². The van der Waals surface area contributed by atoms with Crippen LogP contribution >= 0.6 is 0 Å². The van der Waals surface area contributed by atoms with E-state index in [4.69, 9.17) is 0 Å². The number of aromatic nitrogens is 3. The Labute approximate surface area is 407 Å². The average Bonchev–Trinajstić information content (AvgIpc) is 4.07. The van der Waals surface area contributed by atoms with Crippen molar-refractivity contribution in [3.8, 4) is 28.2 Å². The third kappa shape index (κ3) is 6.07. The van der Waals surface area contributed by atoms with Crippen LogP contribution < -0.4 is 20.7 Å². The molecule has 14 aromatic rings. The van der Waals surface area contributed by atoms with Crippen LogP contribution in [0.1, 0.15) is 0 Å². The van der Waals surface area contributed by atoms with Gasteiger partial charge < -0.3 is 13.7 Å². The second-order valence-corrected chi connectivity index (χ2v) is 22.3. The van der Waals surface area contributed by atoms with Crippen LogP contribution in [0.4, 0.5) is 0 Å². The standard InChI is InChI=1S/C66H45N3Si/c1-5-21-48(22-6-1)67-61-33-16-13-30-55(61)58-43-47(36-41-64(58)67)46-20-19-29-54(42-46)70(51-25-9-3-10-26-51,52-27-11-4-12-28-52)53-39-37-50(38-40-53)69-63-35-18-15-32-57(63)60-44-59-56-31-14-17-34-62(56)68(65(59)45-66(60)69)49-23-7-2-8-24-49/h1-45H. The molecule has 0 aliphatic heterocycles. The fourth-order valence-electron chi connectivity index (χ4n) is 11.7. The van der Waals surface area contributed by atoms with Gasteiger partial charge in [0.15, 0.2) is 8.07 Å². The summed E-state index contributed by atoms with van der Waals surface area (Å²) in [5.74, 6) is 0. The van der Waals surface area contributed by atoms with E-state index >= 15 is 0 Å². The molecular weight excluding hydrogens is 863 g/mol. The lowest BCUT2D eigenvalue weighted by Gasteiger charge is -2.35. The minimum atomic E-state index is -2.93. The molecule has 70 heavy (non-hydrogen) atoms. The lowest BCUT2D eigenvalue weighted by Crippen LogP contribution is -2.74. The molecule has 3 nitrogen and oxygen atoms in total. The summed E-state index contributed by atoms with van der Waals surface area (Å²) in [7, 11) is -2.93. The molecule has 0 saturated carbocycles. The van der Waals surface area contributed by atoms with Crippen LogP contribution in [0.3, 0.4) is 0 Å². The Bertz CT molecular complexity index is 4220. The molecule has 0 N–H and O–H groups in total. The second-order valence-electron chi connectivity index (χ2n) is 18.5. The fraction of sp³-hybridized carbons (Fsp3) is 0. The summed E-state index contributed by atoms with van der Waals surface area (Å²) in [5.41, 5.74) is 13.1. The van der Waals surface area contributed by atoms with Crippen molar-refractivity contribution in [3.05, 3.63) is 273 Å². The van der Waals surface area contributed by atoms with Gasteiger partial charge in [0.1, 0.15) is 0 Å². The van der Waals surface area contributed by atoms with Crippen molar-refractivity contribution in [2.24, 2.45) is 0 Å². The Balaban J connectivity index is 0.965. The number of nitrogens with zero attached hydrogens (tertiary/aromatic N) is 3. The molecule has 0 saturated heterocycles. The van der Waals surface area contributed by atoms with Crippen molar-refractivity contribution >= 4 is 94.2 Å². The second kappa shape index (κ2) is 16.1. The molecule has 3 aromatic heterocycles. The van der Waals surface area contributed by atoms with Gasteiger partial charge in [0.2, 0.25) is 0 Å². The summed E-state index contributed by atoms with van der Waals surface area (Å²) < 4.78 is 7.28. The minimum absolute atomic E-state index is 1.14. The van der Waals surface area contributed by atoms with E-state index in [1.807, 2.05) is 0 Å². The monoisotopic (exact) mass is 907 g/mol. The van der Waals surface area contributed by atoms with Crippen molar-refractivity contribution in [2.45, 2.75) is 0 Å². The Morgan fingerprint density at radius 1 is 0.200 bits per heavy atom. The first-order chi connectivity index (χ1) is 34.7. The number of rotatable bonds is 8. The molecule has 0 fully saturated rings. The molecule has 0 spiro atoms. The summed E-state index contributed by atoms with van der Waals surface area (Å²) in [6, 6.07) is 101. The zero-order valence-corrected chi connectivity index (χ0v) is 39.3. The number of fused-ring (bicyclic) bond motifs is 9. The summed E-state index contributed by atoms with van der Waals surface area (Å²) in [5, 5.41) is 12.9. The third-order valence-corrected chi connectivity index (χ3v) is 19.5. The van der Waals surface area contributed by atoms with Gasteiger partial charge in [-0.2, -0.15) is 0 Å². The Morgan fingerprint density at radius 3 is 1.09 bits per heavy atom. The first kappa shape index (κ1) is 40.1. The molecule has 11 aromatic carbocycles. The molecule has 0 amide bonds. The molecule has 0 bridgehead atoms. The smallest absolute Gasteiger partial charge is 0.179 e. The maximum absolute atomic E-state index is 2.93. The molecule has 0 radical (unpaired) electrons. The van der Waals surface area contributed by atoms with Gasteiger partial charge in [-0.25, -0.2) is 0 Å². The third-order valence-electron chi connectivity index (χ3n) is 14.8. The zero-order chi connectivity index (χ0) is 46.2. The Kier molecular flexibility index (Phi) is 9.23. The number of hydrogen-bond acceptors (Lipinski definition) is 0. The van der Waals surface area contributed by atoms with Crippen molar-refractivity contribution < 1.29 is 0 Å². The molecule has 14 rings (SSSR count). The largest absolute Gasteiger partial charge is 0.309 e. The SMILES string of the molecule is c1ccc(-n2c3ccccc3c3cc(-c4cccc([Si](c5ccccc5)(c5ccccc5)c5ccc(-n6c7ccccc7c7cc8c9ccccc9n(-c9ccccc9)c8cc76)cc5)c4)ccc32)cc1. The summed E-state index contributed by atoms with van der Waals surface area (Å²) in [6.45, 7) is 0. The minimum Gasteiger partial charge on any atom is -0.309 e. The topological polar surface area (TPSA) is 14.8 Å². The van der Waals surface area contributed by atoms with Crippen LogP contribution in [0.2, 0.25) is 0 Å². The van der Waals surface area contributed by atoms with Gasteiger partial charge >= 0.3 is 0 Å². The van der Waals surface area contributed by atoms with Crippen LogP contribution in [-0.2, 0) is 0 Å². The average molecular weight is 908 g/mol. The first-order valence-corrected chi connectivity index (χ1v) is 26.2. The zero-order valence-electron chi connectivity index (χ0n) is 38.3. The van der Waals surface area contributed by atoms with Crippen LogP contribution in [0.5, 0.6) is 0 Å². The number of hydrogen-bond donors (Lipinski definition) is 0. The summed E-state index contributed by atoms with van der Waals surface area (Å²) in [6.07, 6.45) is 0. The molecule has 0 aliphatic carbocycles. The van der Waals surface area contributed by atoms with E-state index in [1.54, 1.807) is 0 Å². The molecule has 328 valence electrons. The molecular formula is C66H45N3Si. The summed E-state index contributed by atoms with van der Waals surface area (Å²) >= 11 is 0. The van der Waals surface area contributed by atoms with Crippen LogP contribution in [0.25, 0.3) is 93.6 Å². The van der Waals surface area contributed by atoms with Crippen LogP contribution in [0, 0.1) is 0 Å². The predicted octanol–water partition coefficient (Wildman–Crippen LogP) is 14.0. The van der Waals surface area contributed by atoms with Gasteiger partial charge in [-0.05, 0) is 111 Å². The van der Waals surface area contributed by atoms with E-state index in [0.29, 0.717) is 0 Å². The predicted molar refractivity (Wildman–Crippen MR) is 299 cm³/mol. The fourth-order valence-corrected chi connectivity index (χ4v) is 16.5. The van der Waals surface area contributed by atoms with E-state index < -0.39 is 8.07 Å². The van der Waals surface area contributed by atoms with Gasteiger partial charge in [-0.3, -0.25) is 0 Å². The van der Waals surface area contributed by atoms with Crippen molar-refractivity contribution in [1.29, 1.82) is 0 Å². The van der Waals surface area contributed by atoms with Gasteiger partial charge in [-0.15, -0.1) is 0 Å². The number of para-hydroxylation sites is 5. The highest BCUT2D eigenvalue weighted by Gasteiger charge is 2.41. The van der Waals surface area contributed by atoms with Crippen LogP contribution in [-0.4, -0.2) is 21.8 Å². The van der Waals surface area contributed by atoms with E-state index in [9.17, 15) is 0 Å². The van der Waals surface area contributed by atoms with Gasteiger partial charge in [0.05, 0.1) is 33.1 Å². The maximum Gasteiger partial charge on any atom is 0.179 e. The van der Waals surface area contributed by atoms with E-state index in [1.165, 1.54) is 103 Å². The van der Waals surface area contributed by atoms with Crippen molar-refractivity contribution in [3.63, 3.8) is 0 Å². The molecule has 0 aliphatic rings. The lowest BCUT2D eigenvalue weighted by molar-refractivity contribution is 1.17. The van der Waals surface area contributed by atoms with E-state index in [-0.39, 0.29) is 0 Å². The molecule has 0 unspecified atom stereocenters. The first-order valence-electron chi connectivity index (χ1n) is 24.2. The lowest BCUT2D eigenvalue weighted by atomic mass is 10.0. The molecule has 0 atom stereocenters. The summed E-state index contributed by atoms with van der Waals surface area (Å²) in [4.78, 5) is 0. The molecule has 4 heteroatoms. The van der Waals surface area contributed by atoms with Crippen molar-refractivity contribution in [2.75, 3.05) is 0 Å². The van der Waals surface area contributed by atoms with Gasteiger partial charge in [0, 0.05) is 49.4 Å². The molecule has 3 heterocycles. The highest BCUT2D eigenvalue weighted by atomic mass is 28.3. The Morgan fingerprint density at radius 2 is 0.571 bits per heavy atom.